The number of halogens is 2. The van der Waals surface area contributed by atoms with Crippen LogP contribution in [0.1, 0.15) is 23.5 Å². The van der Waals surface area contributed by atoms with Crippen LogP contribution >= 0.6 is 0 Å². The third kappa shape index (κ3) is 4.61. The van der Waals surface area contributed by atoms with E-state index in [1.165, 1.54) is 19.2 Å². The Kier molecular flexibility index (Phi) is 5.95. The fourth-order valence-corrected chi connectivity index (χ4v) is 3.39. The summed E-state index contributed by atoms with van der Waals surface area (Å²) >= 11 is 0. The van der Waals surface area contributed by atoms with Gasteiger partial charge in [0.1, 0.15) is 12.4 Å². The van der Waals surface area contributed by atoms with E-state index in [1.807, 2.05) is 6.07 Å². The van der Waals surface area contributed by atoms with E-state index in [-0.39, 0.29) is 36.6 Å². The molecule has 0 spiro atoms. The summed E-state index contributed by atoms with van der Waals surface area (Å²) in [7, 11) is 1.27. The molecule has 1 heterocycles. The average Bonchev–Trinajstić information content (AvgIpc) is 2.71. The minimum absolute atomic E-state index is 0.00134. The second kappa shape index (κ2) is 8.42. The number of carbonyl (C=O) groups excluding carboxylic acids is 1. The number of ether oxygens (including phenoxy) is 2. The van der Waals surface area contributed by atoms with Crippen molar-refractivity contribution >= 4 is 11.8 Å². The number of nitro groups is 1. The number of nitro benzene ring substituents is 1. The predicted molar refractivity (Wildman–Crippen MR) is 100 cm³/mol. The van der Waals surface area contributed by atoms with Gasteiger partial charge in [-0.3, -0.25) is 10.1 Å². The molecule has 1 aliphatic rings. The molecule has 1 saturated heterocycles. The van der Waals surface area contributed by atoms with Crippen molar-refractivity contribution in [3.63, 3.8) is 0 Å². The molecular formula is C20H20F2N2O5. The van der Waals surface area contributed by atoms with Crippen molar-refractivity contribution in [2.75, 3.05) is 20.2 Å². The third-order valence-electron chi connectivity index (χ3n) is 4.87. The van der Waals surface area contributed by atoms with Crippen LogP contribution in [0.2, 0.25) is 0 Å². The topological polar surface area (TPSA) is 81.9 Å². The van der Waals surface area contributed by atoms with Gasteiger partial charge < -0.3 is 14.4 Å². The first kappa shape index (κ1) is 20.5. The summed E-state index contributed by atoms with van der Waals surface area (Å²) in [5, 5.41) is 10.9. The Morgan fingerprint density at radius 2 is 2.00 bits per heavy atom. The summed E-state index contributed by atoms with van der Waals surface area (Å²) in [6.45, 7) is -0.721. The number of alkyl halides is 2. The molecule has 1 fully saturated rings. The highest BCUT2D eigenvalue weighted by atomic mass is 19.3. The zero-order chi connectivity index (χ0) is 21.0. The lowest BCUT2D eigenvalue weighted by atomic mass is 9.85. The average molecular weight is 406 g/mol. The van der Waals surface area contributed by atoms with Gasteiger partial charge in [0.15, 0.2) is 0 Å². The Labute approximate surface area is 166 Å². The summed E-state index contributed by atoms with van der Waals surface area (Å²) in [4.78, 5) is 23.5. The van der Waals surface area contributed by atoms with E-state index in [1.54, 1.807) is 24.3 Å². The van der Waals surface area contributed by atoms with Crippen molar-refractivity contribution in [3.05, 3.63) is 69.8 Å². The van der Waals surface area contributed by atoms with E-state index in [2.05, 4.69) is 0 Å². The normalized spacial score (nSPS) is 18.2. The number of rotatable bonds is 5. The van der Waals surface area contributed by atoms with Gasteiger partial charge in [0.05, 0.1) is 30.6 Å². The van der Waals surface area contributed by atoms with Crippen LogP contribution in [0.3, 0.4) is 0 Å². The van der Waals surface area contributed by atoms with E-state index in [9.17, 15) is 23.7 Å². The summed E-state index contributed by atoms with van der Waals surface area (Å²) in [6, 6.07) is 12.5. The van der Waals surface area contributed by atoms with E-state index < -0.39 is 29.4 Å². The molecule has 3 rings (SSSR count). The Hall–Kier alpha value is -3.23. The maximum Gasteiger partial charge on any atom is 0.410 e. The smallest absolute Gasteiger partial charge is 0.410 e. The second-order valence-electron chi connectivity index (χ2n) is 6.75. The molecule has 7 nitrogen and oxygen atoms in total. The molecule has 0 aromatic heterocycles. The molecule has 1 amide bonds. The highest BCUT2D eigenvalue weighted by Crippen LogP contribution is 2.44. The number of benzene rings is 2. The highest BCUT2D eigenvalue weighted by molar-refractivity contribution is 5.68. The third-order valence-corrected chi connectivity index (χ3v) is 4.87. The summed E-state index contributed by atoms with van der Waals surface area (Å²) in [5.41, 5.74) is 0.703. The molecule has 2 aromatic rings. The molecule has 0 aliphatic carbocycles. The molecule has 1 unspecified atom stereocenters. The first-order valence-electron chi connectivity index (χ1n) is 8.97. The summed E-state index contributed by atoms with van der Waals surface area (Å²) < 4.78 is 40.0. The summed E-state index contributed by atoms with van der Waals surface area (Å²) in [6.07, 6.45) is -0.829. The number of carbonyl (C=O) groups is 1. The Balaban J connectivity index is 1.70. The minimum atomic E-state index is -3.24. The second-order valence-corrected chi connectivity index (χ2v) is 6.75. The monoisotopic (exact) mass is 406 g/mol. The fourth-order valence-electron chi connectivity index (χ4n) is 3.39. The number of nitrogens with zero attached hydrogens (tertiary/aromatic N) is 2. The van der Waals surface area contributed by atoms with Crippen molar-refractivity contribution in [1.29, 1.82) is 0 Å². The highest BCUT2D eigenvalue weighted by Gasteiger charge is 2.48. The minimum Gasteiger partial charge on any atom is -0.496 e. The quantitative estimate of drug-likeness (QED) is 0.544. The van der Waals surface area contributed by atoms with Crippen molar-refractivity contribution in [3.8, 4) is 5.75 Å². The Bertz CT molecular complexity index is 892. The first-order chi connectivity index (χ1) is 13.8. The van der Waals surface area contributed by atoms with Crippen molar-refractivity contribution in [2.24, 2.45) is 0 Å². The van der Waals surface area contributed by atoms with Gasteiger partial charge in [-0.15, -0.1) is 0 Å². The maximum atomic E-state index is 14.9. The van der Waals surface area contributed by atoms with Crippen molar-refractivity contribution in [2.45, 2.75) is 24.9 Å². The molecular weight excluding hydrogens is 386 g/mol. The molecule has 0 N–H and O–H groups in total. The molecule has 0 bridgehead atoms. The van der Waals surface area contributed by atoms with Gasteiger partial charge in [0.2, 0.25) is 0 Å². The largest absolute Gasteiger partial charge is 0.496 e. The number of hydrogen-bond donors (Lipinski definition) is 0. The maximum absolute atomic E-state index is 14.9. The first-order valence-corrected chi connectivity index (χ1v) is 8.97. The van der Waals surface area contributed by atoms with E-state index >= 15 is 0 Å². The van der Waals surface area contributed by atoms with Crippen molar-refractivity contribution in [1.82, 2.24) is 4.90 Å². The predicted octanol–water partition coefficient (Wildman–Crippen LogP) is 4.36. The SMILES string of the molecule is COc1cc([N+](=O)[O-])ccc1C1CCN(C(=O)OCc2ccccc2)CC1(F)F. The standard InChI is InChI=1S/C20H20F2N2O5/c1-28-18-11-15(24(26)27)7-8-16(18)17-9-10-23(13-20(17,21)22)19(25)29-12-14-5-3-2-4-6-14/h2-8,11,17H,9-10,12-13H2,1H3. The van der Waals surface area contributed by atoms with Crippen LogP contribution in [0.15, 0.2) is 48.5 Å². The van der Waals surface area contributed by atoms with Gasteiger partial charge in [0, 0.05) is 18.2 Å². The number of hydrogen-bond acceptors (Lipinski definition) is 5. The molecule has 9 heteroatoms. The summed E-state index contributed by atoms with van der Waals surface area (Å²) in [5.74, 6) is -4.44. The van der Waals surface area contributed by atoms with Crippen LogP contribution in [0.5, 0.6) is 5.75 Å². The van der Waals surface area contributed by atoms with E-state index in [4.69, 9.17) is 9.47 Å². The molecule has 1 aliphatic heterocycles. The Morgan fingerprint density at radius 1 is 1.28 bits per heavy atom. The number of likely N-dealkylation sites (tertiary alicyclic amines) is 1. The molecule has 0 saturated carbocycles. The van der Waals surface area contributed by atoms with Gasteiger partial charge in [-0.1, -0.05) is 30.3 Å². The van der Waals surface area contributed by atoms with Crippen LogP contribution in [0.4, 0.5) is 19.3 Å². The van der Waals surface area contributed by atoms with Gasteiger partial charge in [-0.2, -0.15) is 0 Å². The molecule has 0 radical (unpaired) electrons. The Morgan fingerprint density at radius 3 is 2.62 bits per heavy atom. The van der Waals surface area contributed by atoms with Crippen LogP contribution in [0.25, 0.3) is 0 Å². The van der Waals surface area contributed by atoms with E-state index in [0.29, 0.717) is 0 Å². The van der Waals surface area contributed by atoms with Gasteiger partial charge in [-0.25, -0.2) is 13.6 Å². The zero-order valence-corrected chi connectivity index (χ0v) is 15.7. The molecule has 2 aromatic carbocycles. The lowest BCUT2D eigenvalue weighted by Gasteiger charge is -2.38. The number of piperidine rings is 1. The van der Waals surface area contributed by atoms with Crippen LogP contribution in [0, 0.1) is 10.1 Å². The van der Waals surface area contributed by atoms with Gasteiger partial charge in [0.25, 0.3) is 11.6 Å². The molecule has 1 atom stereocenters. The number of methoxy groups -OCH3 is 1. The molecule has 29 heavy (non-hydrogen) atoms. The molecule has 154 valence electrons. The van der Waals surface area contributed by atoms with Gasteiger partial charge in [-0.05, 0) is 18.1 Å². The van der Waals surface area contributed by atoms with Crippen LogP contribution < -0.4 is 4.74 Å². The lowest BCUT2D eigenvalue weighted by Crippen LogP contribution is -2.49. The van der Waals surface area contributed by atoms with E-state index in [0.717, 1.165) is 16.5 Å². The number of non-ortho nitro benzene ring substituents is 1. The fraction of sp³-hybridized carbons (Fsp3) is 0.350. The van der Waals surface area contributed by atoms with Gasteiger partial charge >= 0.3 is 6.09 Å². The lowest BCUT2D eigenvalue weighted by molar-refractivity contribution is -0.385. The zero-order valence-electron chi connectivity index (χ0n) is 15.7. The van der Waals surface area contributed by atoms with Crippen LogP contribution in [-0.2, 0) is 11.3 Å². The number of amides is 1. The van der Waals surface area contributed by atoms with Crippen molar-refractivity contribution < 1.29 is 28.0 Å². The van der Waals surface area contributed by atoms with Crippen LogP contribution in [-0.4, -0.2) is 42.0 Å².